The molecule has 2 aliphatic rings. The van der Waals surface area contributed by atoms with E-state index in [4.69, 9.17) is 17.3 Å². The number of halogens is 1. The lowest BCUT2D eigenvalue weighted by molar-refractivity contribution is 0.252. The summed E-state index contributed by atoms with van der Waals surface area (Å²) in [6, 6.07) is 10.3. The van der Waals surface area contributed by atoms with Gasteiger partial charge in [0.15, 0.2) is 0 Å². The average Bonchev–Trinajstić information content (AvgIpc) is 3.11. The molecule has 0 unspecified atom stereocenters. The number of hydrogen-bond acceptors (Lipinski definition) is 5. The molecule has 0 bridgehead atoms. The number of rotatable bonds is 4. The third-order valence-electron chi connectivity index (χ3n) is 6.02. The highest BCUT2D eigenvalue weighted by atomic mass is 35.5. The van der Waals surface area contributed by atoms with E-state index in [2.05, 4.69) is 31.9 Å². The second kappa shape index (κ2) is 8.03. The quantitative estimate of drug-likeness (QED) is 0.868. The maximum Gasteiger partial charge on any atom is 0.222 e. The van der Waals surface area contributed by atoms with Gasteiger partial charge in [-0.25, -0.2) is 4.98 Å². The number of anilines is 2. The molecule has 1 aromatic carbocycles. The van der Waals surface area contributed by atoms with E-state index in [0.717, 1.165) is 48.0 Å². The number of aromatic nitrogens is 2. The van der Waals surface area contributed by atoms with Gasteiger partial charge in [0.05, 0.1) is 0 Å². The second-order valence-corrected chi connectivity index (χ2v) is 8.40. The Hall–Kier alpha value is -1.85. The summed E-state index contributed by atoms with van der Waals surface area (Å²) in [5.74, 6) is 2.99. The monoisotopic (exact) mass is 385 g/mol. The topological polar surface area (TPSA) is 58.3 Å². The van der Waals surface area contributed by atoms with Gasteiger partial charge in [-0.1, -0.05) is 23.7 Å². The third kappa shape index (κ3) is 4.53. The van der Waals surface area contributed by atoms with Crippen LogP contribution >= 0.6 is 11.6 Å². The number of hydrogen-bond donors (Lipinski definition) is 1. The maximum absolute atomic E-state index is 5.99. The van der Waals surface area contributed by atoms with Gasteiger partial charge in [0, 0.05) is 43.0 Å². The van der Waals surface area contributed by atoms with E-state index in [9.17, 15) is 0 Å². The zero-order chi connectivity index (χ0) is 18.8. The molecule has 2 aromatic rings. The van der Waals surface area contributed by atoms with E-state index in [1.165, 1.54) is 37.9 Å². The first-order valence-corrected chi connectivity index (χ1v) is 10.3. The average molecular weight is 386 g/mol. The molecule has 2 N–H and O–H groups in total. The van der Waals surface area contributed by atoms with Crippen LogP contribution in [0.15, 0.2) is 30.3 Å². The Labute approximate surface area is 166 Å². The summed E-state index contributed by atoms with van der Waals surface area (Å²) in [5.41, 5.74) is 8.11. The molecule has 6 heteroatoms. The van der Waals surface area contributed by atoms with Crippen molar-refractivity contribution in [3.8, 4) is 0 Å². The predicted molar refractivity (Wildman–Crippen MR) is 111 cm³/mol. The van der Waals surface area contributed by atoms with Gasteiger partial charge in [-0.3, -0.25) is 4.90 Å². The molecule has 144 valence electrons. The van der Waals surface area contributed by atoms with Gasteiger partial charge in [-0.15, -0.1) is 0 Å². The molecule has 1 aromatic heterocycles. The van der Waals surface area contributed by atoms with Crippen LogP contribution in [-0.4, -0.2) is 41.0 Å². The fraction of sp³-hybridized carbons (Fsp3) is 0.524. The summed E-state index contributed by atoms with van der Waals surface area (Å²) in [6.45, 7) is 7.55. The van der Waals surface area contributed by atoms with Crippen LogP contribution < -0.4 is 10.6 Å². The van der Waals surface area contributed by atoms with Gasteiger partial charge in [0.1, 0.15) is 5.82 Å². The molecule has 2 aliphatic heterocycles. The standard InChI is InChI=1S/C21H28ClN5/c1-15-12-20(25-21(23)24-15)27-10-7-17(8-11-27)18-6-9-26(14-18)13-16-2-4-19(22)5-3-16/h2-5,12,17-18H,6-11,13-14H2,1H3,(H2,23,24,25)/t18-/m0/s1. The molecule has 0 aliphatic carbocycles. The number of nitrogens with zero attached hydrogens (tertiary/aromatic N) is 4. The largest absolute Gasteiger partial charge is 0.368 e. The zero-order valence-electron chi connectivity index (χ0n) is 15.9. The van der Waals surface area contributed by atoms with Crippen LogP contribution in [0.1, 0.15) is 30.5 Å². The minimum Gasteiger partial charge on any atom is -0.368 e. The Morgan fingerprint density at radius 3 is 2.44 bits per heavy atom. The fourth-order valence-electron chi connectivity index (χ4n) is 4.58. The van der Waals surface area contributed by atoms with E-state index in [1.54, 1.807) is 0 Å². The van der Waals surface area contributed by atoms with Crippen molar-refractivity contribution < 1.29 is 0 Å². The smallest absolute Gasteiger partial charge is 0.222 e. The Morgan fingerprint density at radius 2 is 1.74 bits per heavy atom. The van der Waals surface area contributed by atoms with Crippen molar-refractivity contribution >= 4 is 23.4 Å². The number of nitrogen functional groups attached to an aromatic ring is 1. The number of nitrogens with two attached hydrogens (primary N) is 1. The number of benzene rings is 1. The van der Waals surface area contributed by atoms with Crippen LogP contribution in [0, 0.1) is 18.8 Å². The lowest BCUT2D eigenvalue weighted by atomic mass is 9.84. The van der Waals surface area contributed by atoms with Crippen molar-refractivity contribution in [2.24, 2.45) is 11.8 Å². The van der Waals surface area contributed by atoms with Crippen molar-refractivity contribution in [2.75, 3.05) is 36.8 Å². The summed E-state index contributed by atoms with van der Waals surface area (Å²) in [5, 5.41) is 0.811. The molecule has 0 radical (unpaired) electrons. The number of aryl methyl sites for hydroxylation is 1. The van der Waals surface area contributed by atoms with Crippen LogP contribution in [0.3, 0.4) is 0 Å². The molecule has 4 rings (SSSR count). The highest BCUT2D eigenvalue weighted by molar-refractivity contribution is 6.30. The highest BCUT2D eigenvalue weighted by Crippen LogP contribution is 2.33. The van der Waals surface area contributed by atoms with Crippen molar-refractivity contribution in [1.82, 2.24) is 14.9 Å². The molecule has 1 atom stereocenters. The number of likely N-dealkylation sites (tertiary alicyclic amines) is 1. The van der Waals surface area contributed by atoms with Crippen molar-refractivity contribution in [3.63, 3.8) is 0 Å². The SMILES string of the molecule is Cc1cc(N2CCC([C@H]3CCN(Cc4ccc(Cl)cc4)C3)CC2)nc(N)n1. The van der Waals surface area contributed by atoms with Gasteiger partial charge in [0.2, 0.25) is 5.95 Å². The van der Waals surface area contributed by atoms with Crippen LogP contribution in [-0.2, 0) is 6.54 Å². The normalized spacial score (nSPS) is 21.7. The predicted octanol–water partition coefficient (Wildman–Crippen LogP) is 3.76. The molecular formula is C21H28ClN5. The van der Waals surface area contributed by atoms with Crippen LogP contribution in [0.5, 0.6) is 0 Å². The van der Waals surface area contributed by atoms with Gasteiger partial charge in [-0.05, 0) is 62.3 Å². The van der Waals surface area contributed by atoms with Crippen molar-refractivity contribution in [2.45, 2.75) is 32.7 Å². The molecule has 27 heavy (non-hydrogen) atoms. The molecule has 5 nitrogen and oxygen atoms in total. The summed E-state index contributed by atoms with van der Waals surface area (Å²) in [4.78, 5) is 13.6. The lowest BCUT2D eigenvalue weighted by Crippen LogP contribution is -2.37. The first kappa shape index (κ1) is 18.5. The summed E-state index contributed by atoms with van der Waals surface area (Å²) >= 11 is 5.99. The highest BCUT2D eigenvalue weighted by Gasteiger charge is 2.32. The van der Waals surface area contributed by atoms with Gasteiger partial charge in [-0.2, -0.15) is 4.98 Å². The summed E-state index contributed by atoms with van der Waals surface area (Å²) in [6.07, 6.45) is 3.79. The Kier molecular flexibility index (Phi) is 5.50. The minimum absolute atomic E-state index is 0.376. The Bertz CT molecular complexity index is 750. The maximum atomic E-state index is 5.99. The van der Waals surface area contributed by atoms with Crippen LogP contribution in [0.2, 0.25) is 5.02 Å². The first-order chi connectivity index (χ1) is 13.1. The molecular weight excluding hydrogens is 358 g/mol. The third-order valence-corrected chi connectivity index (χ3v) is 6.27. The molecule has 0 spiro atoms. The van der Waals surface area contributed by atoms with Gasteiger partial charge in [0.25, 0.3) is 0 Å². The summed E-state index contributed by atoms with van der Waals surface area (Å²) in [7, 11) is 0. The van der Waals surface area contributed by atoms with Gasteiger partial charge >= 0.3 is 0 Å². The second-order valence-electron chi connectivity index (χ2n) is 7.96. The number of piperidine rings is 1. The first-order valence-electron chi connectivity index (χ1n) is 9.90. The zero-order valence-corrected chi connectivity index (χ0v) is 16.7. The van der Waals surface area contributed by atoms with E-state index >= 15 is 0 Å². The fourth-order valence-corrected chi connectivity index (χ4v) is 4.70. The van der Waals surface area contributed by atoms with Crippen LogP contribution in [0.4, 0.5) is 11.8 Å². The van der Waals surface area contributed by atoms with E-state index in [0.29, 0.717) is 5.95 Å². The molecule has 2 saturated heterocycles. The molecule has 3 heterocycles. The lowest BCUT2D eigenvalue weighted by Gasteiger charge is -2.35. The molecule has 0 saturated carbocycles. The molecule has 0 amide bonds. The van der Waals surface area contributed by atoms with E-state index in [-0.39, 0.29) is 0 Å². The molecule has 2 fully saturated rings. The van der Waals surface area contributed by atoms with E-state index < -0.39 is 0 Å². The van der Waals surface area contributed by atoms with Crippen molar-refractivity contribution in [1.29, 1.82) is 0 Å². The Morgan fingerprint density at radius 1 is 1.04 bits per heavy atom. The van der Waals surface area contributed by atoms with E-state index in [1.807, 2.05) is 25.1 Å². The van der Waals surface area contributed by atoms with Crippen molar-refractivity contribution in [3.05, 3.63) is 46.6 Å². The van der Waals surface area contributed by atoms with Gasteiger partial charge < -0.3 is 10.6 Å². The summed E-state index contributed by atoms with van der Waals surface area (Å²) < 4.78 is 0. The minimum atomic E-state index is 0.376. The Balaban J connectivity index is 1.29. The van der Waals surface area contributed by atoms with Crippen LogP contribution in [0.25, 0.3) is 0 Å².